The van der Waals surface area contributed by atoms with Gasteiger partial charge >= 0.3 is 13.3 Å². The minimum atomic E-state index is -3.19. The van der Waals surface area contributed by atoms with Gasteiger partial charge in [0.1, 0.15) is 11.6 Å². The number of imidazole rings is 1. The number of benzene rings is 1. The molecule has 2 aromatic heterocycles. The molecule has 0 saturated heterocycles. The van der Waals surface area contributed by atoms with Gasteiger partial charge in [0.25, 0.3) is 5.56 Å². The zero-order valence-corrected chi connectivity index (χ0v) is 21.8. The van der Waals surface area contributed by atoms with Gasteiger partial charge in [0.15, 0.2) is 11.2 Å². The van der Waals surface area contributed by atoms with Crippen molar-refractivity contribution in [2.45, 2.75) is 52.6 Å². The van der Waals surface area contributed by atoms with Crippen molar-refractivity contribution in [3.05, 3.63) is 62.3 Å². The standard InChI is InChI=1S/C25H32FN4O5P/c1-5-16-30-24(31)22-23(27-21(28(22)4)15-14-19-12-8-9-13-20(19)26)29(25(30)32)17-10-11-18-36(33,34-6-2)35-7-3/h1,8-9,12-13H,6-7,10-11,14-18H2,2-4H3. The van der Waals surface area contributed by atoms with Gasteiger partial charge in [-0.1, -0.05) is 24.1 Å². The Morgan fingerprint density at radius 2 is 1.78 bits per heavy atom. The van der Waals surface area contributed by atoms with E-state index in [9.17, 15) is 18.5 Å². The van der Waals surface area contributed by atoms with Crippen LogP contribution >= 0.6 is 7.60 Å². The van der Waals surface area contributed by atoms with Gasteiger partial charge in [-0.3, -0.25) is 13.9 Å². The molecule has 0 aliphatic heterocycles. The SMILES string of the molecule is C#CCn1c(=O)c2c(nc(CCc3ccccc3F)n2C)n(CCCCP(=O)(OCC)OCC)c1=O. The molecule has 0 atom stereocenters. The summed E-state index contributed by atoms with van der Waals surface area (Å²) in [6.45, 7) is 4.12. The number of hydrogen-bond acceptors (Lipinski definition) is 6. The Balaban J connectivity index is 1.92. The average Bonchev–Trinajstić information content (AvgIpc) is 3.17. The molecule has 1 aromatic carbocycles. The summed E-state index contributed by atoms with van der Waals surface area (Å²) in [6.07, 6.45) is 7.35. The summed E-state index contributed by atoms with van der Waals surface area (Å²) in [5, 5.41) is 0. The first kappa shape index (κ1) is 27.6. The van der Waals surface area contributed by atoms with Crippen LogP contribution in [0, 0.1) is 18.2 Å². The lowest BCUT2D eigenvalue weighted by Gasteiger charge is -2.17. The minimum Gasteiger partial charge on any atom is -0.325 e. The van der Waals surface area contributed by atoms with Gasteiger partial charge in [0, 0.05) is 20.0 Å². The van der Waals surface area contributed by atoms with E-state index in [0.717, 1.165) is 4.57 Å². The fraction of sp³-hybridized carbons (Fsp3) is 0.480. The van der Waals surface area contributed by atoms with Crippen LogP contribution in [-0.4, -0.2) is 38.1 Å². The number of halogens is 1. The van der Waals surface area contributed by atoms with Crippen molar-refractivity contribution in [3.63, 3.8) is 0 Å². The third kappa shape index (κ3) is 6.04. The number of fused-ring (bicyclic) bond motifs is 1. The molecule has 0 spiro atoms. The van der Waals surface area contributed by atoms with E-state index in [0.29, 0.717) is 37.1 Å². The van der Waals surface area contributed by atoms with E-state index in [1.165, 1.54) is 10.6 Å². The molecule has 0 radical (unpaired) electrons. The van der Waals surface area contributed by atoms with E-state index in [1.54, 1.807) is 43.7 Å². The Morgan fingerprint density at radius 3 is 2.42 bits per heavy atom. The molecular formula is C25H32FN4O5P. The van der Waals surface area contributed by atoms with Crippen molar-refractivity contribution in [1.82, 2.24) is 18.7 Å². The van der Waals surface area contributed by atoms with Crippen LogP contribution in [0.1, 0.15) is 38.1 Å². The summed E-state index contributed by atoms with van der Waals surface area (Å²) >= 11 is 0. The first-order valence-corrected chi connectivity index (χ1v) is 13.7. The number of terminal acetylenes is 1. The molecule has 0 aliphatic rings. The quantitative estimate of drug-likeness (QED) is 0.195. The smallest absolute Gasteiger partial charge is 0.325 e. The van der Waals surface area contributed by atoms with E-state index >= 15 is 0 Å². The summed E-state index contributed by atoms with van der Waals surface area (Å²) in [5.74, 6) is 2.61. The molecule has 0 unspecified atom stereocenters. The zero-order chi connectivity index (χ0) is 26.3. The summed E-state index contributed by atoms with van der Waals surface area (Å²) < 4.78 is 41.5. The van der Waals surface area contributed by atoms with Crippen LogP contribution in [0.25, 0.3) is 11.2 Å². The summed E-state index contributed by atoms with van der Waals surface area (Å²) in [6, 6.07) is 6.50. The molecule has 0 N–H and O–H groups in total. The first-order chi connectivity index (χ1) is 17.3. The average molecular weight is 519 g/mol. The van der Waals surface area contributed by atoms with E-state index in [1.807, 2.05) is 0 Å². The Morgan fingerprint density at radius 1 is 1.08 bits per heavy atom. The van der Waals surface area contributed by atoms with Crippen molar-refractivity contribution in [3.8, 4) is 12.3 Å². The highest BCUT2D eigenvalue weighted by Gasteiger charge is 2.23. The van der Waals surface area contributed by atoms with E-state index < -0.39 is 18.8 Å². The third-order valence-corrected chi connectivity index (χ3v) is 8.04. The maximum Gasteiger partial charge on any atom is 0.333 e. The highest BCUT2D eigenvalue weighted by molar-refractivity contribution is 7.53. The second-order valence-corrected chi connectivity index (χ2v) is 10.4. The number of unbranched alkanes of at least 4 members (excludes halogenated alkanes) is 1. The Kier molecular flexibility index (Phi) is 9.43. The van der Waals surface area contributed by atoms with Crippen LogP contribution in [0.2, 0.25) is 0 Å². The van der Waals surface area contributed by atoms with Gasteiger partial charge in [-0.2, -0.15) is 0 Å². The predicted octanol–water partition coefficient (Wildman–Crippen LogP) is 3.50. The van der Waals surface area contributed by atoms with Gasteiger partial charge in [0.2, 0.25) is 0 Å². The number of aromatic nitrogens is 4. The molecule has 3 rings (SSSR count). The van der Waals surface area contributed by atoms with Crippen LogP contribution in [-0.2, 0) is 46.6 Å². The number of aryl methyl sites for hydroxylation is 4. The van der Waals surface area contributed by atoms with Crippen LogP contribution in [0.5, 0.6) is 0 Å². The molecule has 0 aliphatic carbocycles. The van der Waals surface area contributed by atoms with Crippen molar-refractivity contribution in [1.29, 1.82) is 0 Å². The van der Waals surface area contributed by atoms with Gasteiger partial charge in [-0.05, 0) is 44.7 Å². The molecule has 194 valence electrons. The molecule has 0 bridgehead atoms. The Bertz CT molecular complexity index is 1410. The van der Waals surface area contributed by atoms with Gasteiger partial charge < -0.3 is 13.6 Å². The van der Waals surface area contributed by atoms with Crippen molar-refractivity contribution in [2.24, 2.45) is 7.05 Å². The zero-order valence-electron chi connectivity index (χ0n) is 20.9. The van der Waals surface area contributed by atoms with Crippen molar-refractivity contribution < 1.29 is 18.0 Å². The summed E-state index contributed by atoms with van der Waals surface area (Å²) in [4.78, 5) is 30.9. The molecule has 0 fully saturated rings. The number of rotatable bonds is 13. The third-order valence-electron chi connectivity index (χ3n) is 5.88. The van der Waals surface area contributed by atoms with Gasteiger partial charge in [-0.25, -0.2) is 18.7 Å². The van der Waals surface area contributed by atoms with Crippen LogP contribution in [0.15, 0.2) is 33.9 Å². The maximum atomic E-state index is 14.1. The van der Waals surface area contributed by atoms with Crippen molar-refractivity contribution in [2.75, 3.05) is 19.4 Å². The monoisotopic (exact) mass is 518 g/mol. The molecule has 36 heavy (non-hydrogen) atoms. The van der Waals surface area contributed by atoms with E-state index in [-0.39, 0.29) is 49.4 Å². The van der Waals surface area contributed by atoms with Gasteiger partial charge in [-0.15, -0.1) is 6.42 Å². The molecule has 2 heterocycles. The predicted molar refractivity (Wildman–Crippen MR) is 137 cm³/mol. The normalized spacial score (nSPS) is 11.8. The fourth-order valence-electron chi connectivity index (χ4n) is 4.15. The Hall–Kier alpha value is -2.99. The fourth-order valence-corrected chi connectivity index (χ4v) is 5.88. The van der Waals surface area contributed by atoms with Gasteiger partial charge in [0.05, 0.1) is 25.9 Å². The highest BCUT2D eigenvalue weighted by atomic mass is 31.2. The van der Waals surface area contributed by atoms with Crippen LogP contribution < -0.4 is 11.2 Å². The Labute approximate surface area is 209 Å². The molecular weight excluding hydrogens is 486 g/mol. The van der Waals surface area contributed by atoms with Crippen LogP contribution in [0.4, 0.5) is 4.39 Å². The van der Waals surface area contributed by atoms with E-state index in [2.05, 4.69) is 10.9 Å². The minimum absolute atomic E-state index is 0.173. The molecule has 9 nitrogen and oxygen atoms in total. The van der Waals surface area contributed by atoms with E-state index in [4.69, 9.17) is 15.5 Å². The first-order valence-electron chi connectivity index (χ1n) is 12.0. The largest absolute Gasteiger partial charge is 0.333 e. The second-order valence-electron chi connectivity index (χ2n) is 8.26. The molecule has 0 amide bonds. The second kappa shape index (κ2) is 12.3. The lowest BCUT2D eigenvalue weighted by Crippen LogP contribution is -2.40. The maximum absolute atomic E-state index is 14.1. The lowest BCUT2D eigenvalue weighted by atomic mass is 10.1. The molecule has 11 heteroatoms. The number of hydrogen-bond donors (Lipinski definition) is 0. The summed E-state index contributed by atoms with van der Waals surface area (Å²) in [5.41, 5.74) is -0.0277. The summed E-state index contributed by atoms with van der Waals surface area (Å²) in [7, 11) is -1.50. The molecule has 0 saturated carbocycles. The highest BCUT2D eigenvalue weighted by Crippen LogP contribution is 2.48. The topological polar surface area (TPSA) is 97.3 Å². The lowest BCUT2D eigenvalue weighted by molar-refractivity contribution is 0.219. The van der Waals surface area contributed by atoms with Crippen molar-refractivity contribution >= 4 is 18.8 Å². The molecule has 3 aromatic rings. The number of nitrogens with zero attached hydrogens (tertiary/aromatic N) is 4. The van der Waals surface area contributed by atoms with Crippen LogP contribution in [0.3, 0.4) is 0 Å².